The molecule has 0 nitrogen and oxygen atoms in total. The van der Waals surface area contributed by atoms with Gasteiger partial charge in [-0.25, -0.2) is 0 Å². The van der Waals surface area contributed by atoms with Gasteiger partial charge in [0.25, 0.3) is 0 Å². The van der Waals surface area contributed by atoms with Crippen molar-refractivity contribution in [2.75, 3.05) is 0 Å². The molecule has 0 bridgehead atoms. The van der Waals surface area contributed by atoms with Crippen LogP contribution in [0.4, 0.5) is 0 Å². The van der Waals surface area contributed by atoms with Gasteiger partial charge >= 0.3 is 0 Å². The number of rotatable bonds is 0. The van der Waals surface area contributed by atoms with Crippen LogP contribution in [0.1, 0.15) is 19.3 Å². The normalized spacial score (nSPS) is 14.5. The minimum atomic E-state index is 1.32. The van der Waals surface area contributed by atoms with E-state index in [9.17, 15) is 0 Å². The van der Waals surface area contributed by atoms with Crippen LogP contribution in [-0.4, -0.2) is 0 Å². The first-order chi connectivity index (χ1) is 6.47. The summed E-state index contributed by atoms with van der Waals surface area (Å²) in [6, 6.07) is 4.31. The third-order valence-corrected chi connectivity index (χ3v) is 3.87. The van der Waals surface area contributed by atoms with Gasteiger partial charge in [0.2, 0.25) is 0 Å². The van der Waals surface area contributed by atoms with Crippen molar-refractivity contribution in [3.8, 4) is 0 Å². The largest absolute Gasteiger partial charge is 0.143 e. The maximum Gasteiger partial charge on any atom is 0.0450 e. The lowest BCUT2D eigenvalue weighted by Gasteiger charge is -1.69. The number of allylic oxidation sites excluding steroid dienone is 2. The first-order valence-corrected chi connectivity index (χ1v) is 6.28. The van der Waals surface area contributed by atoms with Gasteiger partial charge in [0, 0.05) is 9.40 Å². The second-order valence-electron chi connectivity index (χ2n) is 2.97. The molecular weight excluding hydrogens is 196 g/mol. The van der Waals surface area contributed by atoms with Crippen LogP contribution in [-0.2, 0) is 0 Å². The second-order valence-corrected chi connectivity index (χ2v) is 4.87. The van der Waals surface area contributed by atoms with Crippen LogP contribution >= 0.6 is 22.7 Å². The van der Waals surface area contributed by atoms with Gasteiger partial charge in [-0.1, -0.05) is 12.2 Å². The molecule has 0 aliphatic heterocycles. The van der Waals surface area contributed by atoms with Crippen molar-refractivity contribution in [3.63, 3.8) is 0 Å². The summed E-state index contributed by atoms with van der Waals surface area (Å²) in [4.78, 5) is 0. The monoisotopic (exact) mass is 208 g/mol. The van der Waals surface area contributed by atoms with Gasteiger partial charge in [-0.15, -0.1) is 22.7 Å². The van der Waals surface area contributed by atoms with Crippen molar-refractivity contribution < 1.29 is 0 Å². The van der Waals surface area contributed by atoms with E-state index in [0.717, 1.165) is 0 Å². The minimum absolute atomic E-state index is 1.32. The molecule has 0 radical (unpaired) electrons. The fourth-order valence-corrected chi connectivity index (χ4v) is 3.11. The molecule has 0 saturated carbocycles. The first-order valence-electron chi connectivity index (χ1n) is 4.52. The van der Waals surface area contributed by atoms with E-state index in [1.54, 1.807) is 22.7 Å². The molecule has 0 amide bonds. The third kappa shape index (κ3) is 2.42. The van der Waals surface area contributed by atoms with Crippen LogP contribution in [0.2, 0.25) is 0 Å². The van der Waals surface area contributed by atoms with E-state index < -0.39 is 0 Å². The predicted octanol–water partition coefficient (Wildman–Crippen LogP) is 4.69. The first kappa shape index (κ1) is 8.97. The Morgan fingerprint density at radius 3 is 1.77 bits per heavy atom. The van der Waals surface area contributed by atoms with E-state index in [1.165, 1.54) is 28.7 Å². The topological polar surface area (TPSA) is 0 Å². The molecule has 0 unspecified atom stereocenters. The summed E-state index contributed by atoms with van der Waals surface area (Å²) in [6.45, 7) is 0. The third-order valence-electron chi connectivity index (χ3n) is 1.98. The number of fused-ring (bicyclic) bond motifs is 1. The van der Waals surface area contributed by atoms with Crippen LogP contribution in [0, 0.1) is 0 Å². The predicted molar refractivity (Wildman–Crippen MR) is 62.7 cm³/mol. The van der Waals surface area contributed by atoms with Crippen LogP contribution in [0.25, 0.3) is 9.40 Å². The molecule has 2 aromatic heterocycles. The molecule has 1 aliphatic rings. The number of hydrogen-bond donors (Lipinski definition) is 0. The highest BCUT2D eigenvalue weighted by atomic mass is 32.1. The Morgan fingerprint density at radius 2 is 1.38 bits per heavy atom. The van der Waals surface area contributed by atoms with Gasteiger partial charge in [0.15, 0.2) is 0 Å². The Hall–Kier alpha value is -0.600. The lowest BCUT2D eigenvalue weighted by Crippen LogP contribution is -1.50. The molecule has 0 aromatic carbocycles. The van der Waals surface area contributed by atoms with Crippen molar-refractivity contribution in [1.29, 1.82) is 0 Å². The zero-order chi connectivity index (χ0) is 8.93. The van der Waals surface area contributed by atoms with Crippen LogP contribution < -0.4 is 0 Å². The van der Waals surface area contributed by atoms with E-state index in [4.69, 9.17) is 0 Å². The highest BCUT2D eigenvalue weighted by molar-refractivity contribution is 7.25. The van der Waals surface area contributed by atoms with Crippen LogP contribution in [0.5, 0.6) is 0 Å². The Balaban J connectivity index is 0.000000113. The Labute approximate surface area is 86.5 Å². The molecule has 13 heavy (non-hydrogen) atoms. The zero-order valence-electron chi connectivity index (χ0n) is 7.40. The summed E-state index contributed by atoms with van der Waals surface area (Å²) in [5.41, 5.74) is 0. The molecular formula is C11H12S2. The van der Waals surface area contributed by atoms with Crippen molar-refractivity contribution in [2.45, 2.75) is 19.3 Å². The Bertz CT molecular complexity index is 324. The van der Waals surface area contributed by atoms with Crippen molar-refractivity contribution in [3.05, 3.63) is 35.0 Å². The number of thiophene rings is 2. The van der Waals surface area contributed by atoms with Gasteiger partial charge in [0.1, 0.15) is 0 Å². The fourth-order valence-electron chi connectivity index (χ4n) is 1.29. The maximum absolute atomic E-state index is 2.24. The Kier molecular flexibility index (Phi) is 3.16. The second kappa shape index (κ2) is 4.58. The minimum Gasteiger partial charge on any atom is -0.143 e. The summed E-state index contributed by atoms with van der Waals surface area (Å²) >= 11 is 3.61. The average molecular weight is 208 g/mol. The average Bonchev–Trinajstić information content (AvgIpc) is 2.84. The molecule has 68 valence electrons. The molecule has 0 saturated heterocycles. The van der Waals surface area contributed by atoms with Gasteiger partial charge in [-0.05, 0) is 42.2 Å². The lowest BCUT2D eigenvalue weighted by molar-refractivity contribution is 0.929. The summed E-state index contributed by atoms with van der Waals surface area (Å²) < 4.78 is 2.82. The maximum atomic E-state index is 2.24. The Morgan fingerprint density at radius 1 is 0.846 bits per heavy atom. The molecule has 2 aromatic rings. The standard InChI is InChI=1S/C6H4S2.C5H8/c1-3-7-6-2-4-8-5(1)6;1-2-4-5-3-1/h1-4H;1-2H,3-5H2. The van der Waals surface area contributed by atoms with E-state index >= 15 is 0 Å². The smallest absolute Gasteiger partial charge is 0.0450 e. The van der Waals surface area contributed by atoms with E-state index in [2.05, 4.69) is 35.0 Å². The summed E-state index contributed by atoms with van der Waals surface area (Å²) in [5, 5.41) is 4.25. The molecule has 0 atom stereocenters. The van der Waals surface area contributed by atoms with Crippen molar-refractivity contribution >= 4 is 32.1 Å². The molecule has 2 heteroatoms. The highest BCUT2D eigenvalue weighted by Crippen LogP contribution is 2.25. The zero-order valence-corrected chi connectivity index (χ0v) is 9.03. The molecule has 0 fully saturated rings. The lowest BCUT2D eigenvalue weighted by atomic mass is 10.4. The van der Waals surface area contributed by atoms with Crippen LogP contribution in [0.3, 0.4) is 0 Å². The summed E-state index contributed by atoms with van der Waals surface area (Å²) in [5.74, 6) is 0. The molecule has 1 aliphatic carbocycles. The fraction of sp³-hybridized carbons (Fsp3) is 0.273. The number of hydrogen-bond acceptors (Lipinski definition) is 2. The SMILES string of the molecule is C1=CCCC1.c1cc2sccc2s1. The van der Waals surface area contributed by atoms with Gasteiger partial charge in [-0.3, -0.25) is 0 Å². The molecule has 3 rings (SSSR count). The molecule has 0 spiro atoms. The highest BCUT2D eigenvalue weighted by Gasteiger charge is 1.90. The van der Waals surface area contributed by atoms with E-state index in [1.807, 2.05) is 0 Å². The molecule has 2 heterocycles. The molecule has 0 N–H and O–H groups in total. The quantitative estimate of drug-likeness (QED) is 0.551. The van der Waals surface area contributed by atoms with Gasteiger partial charge < -0.3 is 0 Å². The van der Waals surface area contributed by atoms with E-state index in [0.29, 0.717) is 0 Å². The van der Waals surface area contributed by atoms with Gasteiger partial charge in [-0.2, -0.15) is 0 Å². The van der Waals surface area contributed by atoms with E-state index in [-0.39, 0.29) is 0 Å². The van der Waals surface area contributed by atoms with Crippen LogP contribution in [0.15, 0.2) is 35.0 Å². The summed E-state index contributed by atoms with van der Waals surface area (Å²) in [6.07, 6.45) is 8.50. The van der Waals surface area contributed by atoms with Crippen molar-refractivity contribution in [2.24, 2.45) is 0 Å². The van der Waals surface area contributed by atoms with Gasteiger partial charge in [0.05, 0.1) is 0 Å². The van der Waals surface area contributed by atoms with Crippen molar-refractivity contribution in [1.82, 2.24) is 0 Å². The summed E-state index contributed by atoms with van der Waals surface area (Å²) in [7, 11) is 0.